The van der Waals surface area contributed by atoms with Crippen LogP contribution in [0.4, 0.5) is 5.13 Å². The highest BCUT2D eigenvalue weighted by atomic mass is 32.2. The smallest absolute Gasteiger partial charge is 0.275 e. The van der Waals surface area contributed by atoms with Gasteiger partial charge in [0, 0.05) is 6.04 Å². The molecule has 3 N–H and O–H groups in total. The van der Waals surface area contributed by atoms with Crippen LogP contribution < -0.4 is 10.5 Å². The van der Waals surface area contributed by atoms with Gasteiger partial charge >= 0.3 is 0 Å². The maximum absolute atomic E-state index is 12.5. The van der Waals surface area contributed by atoms with Gasteiger partial charge in [-0.15, -0.1) is 0 Å². The number of hydrogen-bond acceptors (Lipinski definition) is 6. The number of nitrogens with zero attached hydrogens (tertiary/aromatic N) is 3. The molecule has 0 bridgehead atoms. The van der Waals surface area contributed by atoms with Crippen molar-refractivity contribution >= 4 is 42.6 Å². The second kappa shape index (κ2) is 6.21. The fourth-order valence-corrected chi connectivity index (χ4v) is 3.89. The van der Waals surface area contributed by atoms with Crippen LogP contribution in [-0.4, -0.2) is 29.1 Å². The van der Waals surface area contributed by atoms with Crippen molar-refractivity contribution in [1.82, 2.24) is 14.8 Å². The van der Waals surface area contributed by atoms with E-state index in [1.54, 1.807) is 16.8 Å². The lowest BCUT2D eigenvalue weighted by Gasteiger charge is -2.09. The second-order valence-corrected chi connectivity index (χ2v) is 8.45. The molecule has 0 spiro atoms. The van der Waals surface area contributed by atoms with Crippen LogP contribution in [0.15, 0.2) is 29.2 Å². The Morgan fingerprint density at radius 3 is 2.68 bits per heavy atom. The Hall–Kier alpha value is -2.30. The number of aromatic nitrogens is 3. The molecule has 2 heterocycles. The Balaban J connectivity index is 1.92. The number of anilines is 1. The number of nitrogens with one attached hydrogen (secondary N) is 1. The van der Waals surface area contributed by atoms with E-state index < -0.39 is 10.0 Å². The van der Waals surface area contributed by atoms with Gasteiger partial charge in [-0.2, -0.15) is 5.10 Å². The van der Waals surface area contributed by atoms with E-state index in [9.17, 15) is 13.2 Å². The lowest BCUT2D eigenvalue weighted by atomic mass is 10.3. The topological polar surface area (TPSA) is 120 Å². The standard InChI is InChI=1S/C15H17N5O3S2/c1-8(2)20-12(6-9(3)19-20)14(21)18-15-17-11-5-4-10(25(16,22)23)7-13(11)24-15/h4-8H,1-3H3,(H2,16,22,23)(H,17,18,21). The number of hydrogen-bond donors (Lipinski definition) is 2. The second-order valence-electron chi connectivity index (χ2n) is 5.86. The van der Waals surface area contributed by atoms with Gasteiger partial charge in [0.2, 0.25) is 10.0 Å². The van der Waals surface area contributed by atoms with Gasteiger partial charge in [0.1, 0.15) is 5.69 Å². The molecule has 0 fully saturated rings. The van der Waals surface area contributed by atoms with Crippen molar-refractivity contribution in [3.8, 4) is 0 Å². The van der Waals surface area contributed by atoms with E-state index in [4.69, 9.17) is 5.14 Å². The number of primary sulfonamides is 1. The molecular weight excluding hydrogens is 362 g/mol. The third kappa shape index (κ3) is 3.55. The van der Waals surface area contributed by atoms with Crippen LogP contribution in [0.1, 0.15) is 36.1 Å². The van der Waals surface area contributed by atoms with Crippen LogP contribution >= 0.6 is 11.3 Å². The highest BCUT2D eigenvalue weighted by Gasteiger charge is 2.18. The van der Waals surface area contributed by atoms with Crippen molar-refractivity contribution in [2.24, 2.45) is 5.14 Å². The van der Waals surface area contributed by atoms with E-state index in [-0.39, 0.29) is 16.8 Å². The molecule has 10 heteroatoms. The number of nitrogens with two attached hydrogens (primary N) is 1. The van der Waals surface area contributed by atoms with Crippen molar-refractivity contribution in [2.45, 2.75) is 31.7 Å². The predicted octanol–water partition coefficient (Wildman–Crippen LogP) is 2.28. The van der Waals surface area contributed by atoms with Crippen molar-refractivity contribution in [3.63, 3.8) is 0 Å². The third-order valence-electron chi connectivity index (χ3n) is 3.49. The quantitative estimate of drug-likeness (QED) is 0.720. The molecule has 25 heavy (non-hydrogen) atoms. The number of thiazole rings is 1. The number of fused-ring (bicyclic) bond motifs is 1. The number of carbonyl (C=O) groups is 1. The first-order valence-electron chi connectivity index (χ1n) is 7.46. The van der Waals surface area contributed by atoms with Gasteiger partial charge in [-0.05, 0) is 45.0 Å². The number of sulfonamides is 1. The van der Waals surface area contributed by atoms with Crippen LogP contribution in [0.25, 0.3) is 10.2 Å². The number of benzene rings is 1. The van der Waals surface area contributed by atoms with Crippen molar-refractivity contribution < 1.29 is 13.2 Å². The number of amides is 1. The van der Waals surface area contributed by atoms with Crippen LogP contribution in [0.2, 0.25) is 0 Å². The first kappa shape index (κ1) is 17.5. The lowest BCUT2D eigenvalue weighted by Crippen LogP contribution is -2.18. The molecule has 0 unspecified atom stereocenters. The van der Waals surface area contributed by atoms with Crippen molar-refractivity contribution in [2.75, 3.05) is 5.32 Å². The minimum Gasteiger partial charge on any atom is -0.296 e. The van der Waals surface area contributed by atoms with Gasteiger partial charge in [0.05, 0.1) is 20.8 Å². The van der Waals surface area contributed by atoms with Gasteiger partial charge < -0.3 is 0 Å². The summed E-state index contributed by atoms with van der Waals surface area (Å²) in [5, 5.41) is 12.6. The molecule has 0 aliphatic heterocycles. The predicted molar refractivity (Wildman–Crippen MR) is 96.3 cm³/mol. The molecule has 8 nitrogen and oxygen atoms in total. The number of rotatable bonds is 4. The molecule has 0 saturated heterocycles. The van der Waals surface area contributed by atoms with E-state index in [2.05, 4.69) is 15.4 Å². The van der Waals surface area contributed by atoms with Crippen LogP contribution in [0, 0.1) is 6.92 Å². The summed E-state index contributed by atoms with van der Waals surface area (Å²) in [5.74, 6) is -0.319. The first-order chi connectivity index (χ1) is 11.6. The third-order valence-corrected chi connectivity index (χ3v) is 5.33. The molecule has 0 radical (unpaired) electrons. The molecule has 0 saturated carbocycles. The van der Waals surface area contributed by atoms with Crippen molar-refractivity contribution in [1.29, 1.82) is 0 Å². The molecule has 3 aromatic rings. The van der Waals surface area contributed by atoms with Gasteiger partial charge in [0.25, 0.3) is 5.91 Å². The monoisotopic (exact) mass is 379 g/mol. The Kier molecular flexibility index (Phi) is 4.35. The Morgan fingerprint density at radius 2 is 2.04 bits per heavy atom. The van der Waals surface area contributed by atoms with Gasteiger partial charge in [-0.1, -0.05) is 11.3 Å². The van der Waals surface area contributed by atoms with Crippen LogP contribution in [0.5, 0.6) is 0 Å². The minimum absolute atomic E-state index is 0.00929. The Labute approximate surface area is 148 Å². The van der Waals surface area contributed by atoms with Gasteiger partial charge in [0.15, 0.2) is 5.13 Å². The zero-order valence-electron chi connectivity index (χ0n) is 13.8. The first-order valence-corrected chi connectivity index (χ1v) is 9.82. The average molecular weight is 379 g/mol. The average Bonchev–Trinajstić information content (AvgIpc) is 3.08. The molecule has 0 atom stereocenters. The maximum Gasteiger partial charge on any atom is 0.275 e. The molecular formula is C15H17N5O3S2. The van der Waals surface area contributed by atoms with Gasteiger partial charge in [-0.25, -0.2) is 18.5 Å². The fraction of sp³-hybridized carbons (Fsp3) is 0.267. The van der Waals surface area contributed by atoms with E-state index in [0.29, 0.717) is 21.0 Å². The summed E-state index contributed by atoms with van der Waals surface area (Å²) in [6.45, 7) is 5.70. The zero-order chi connectivity index (χ0) is 18.4. The summed E-state index contributed by atoms with van der Waals surface area (Å²) >= 11 is 1.18. The molecule has 0 aliphatic rings. The van der Waals surface area contributed by atoms with E-state index in [1.165, 1.54) is 23.5 Å². The maximum atomic E-state index is 12.5. The van der Waals surface area contributed by atoms with E-state index in [0.717, 1.165) is 5.69 Å². The highest BCUT2D eigenvalue weighted by Crippen LogP contribution is 2.28. The summed E-state index contributed by atoms with van der Waals surface area (Å²) in [7, 11) is -3.78. The summed E-state index contributed by atoms with van der Waals surface area (Å²) in [5.41, 5.74) is 1.78. The van der Waals surface area contributed by atoms with Crippen LogP contribution in [-0.2, 0) is 10.0 Å². The molecule has 0 aliphatic carbocycles. The van der Waals surface area contributed by atoms with E-state index in [1.807, 2.05) is 20.8 Å². The Morgan fingerprint density at radius 1 is 1.32 bits per heavy atom. The Bertz CT molecular complexity index is 1070. The fourth-order valence-electron chi connectivity index (χ4n) is 2.38. The normalized spacial score (nSPS) is 12.0. The van der Waals surface area contributed by atoms with Gasteiger partial charge in [-0.3, -0.25) is 14.8 Å². The summed E-state index contributed by atoms with van der Waals surface area (Å²) < 4.78 is 25.1. The SMILES string of the molecule is Cc1cc(C(=O)Nc2nc3ccc(S(N)(=O)=O)cc3s2)n(C(C)C)n1. The number of carbonyl (C=O) groups excluding carboxylic acids is 1. The summed E-state index contributed by atoms with van der Waals surface area (Å²) in [6, 6.07) is 6.15. The van der Waals surface area contributed by atoms with E-state index >= 15 is 0 Å². The molecule has 132 valence electrons. The minimum atomic E-state index is -3.78. The highest BCUT2D eigenvalue weighted by molar-refractivity contribution is 7.89. The van der Waals surface area contributed by atoms with Crippen LogP contribution in [0.3, 0.4) is 0 Å². The summed E-state index contributed by atoms with van der Waals surface area (Å²) in [6.07, 6.45) is 0. The molecule has 1 amide bonds. The molecule has 3 rings (SSSR count). The zero-order valence-corrected chi connectivity index (χ0v) is 15.5. The summed E-state index contributed by atoms with van der Waals surface area (Å²) in [4.78, 5) is 16.8. The number of aryl methyl sites for hydroxylation is 1. The lowest BCUT2D eigenvalue weighted by molar-refractivity contribution is 0.101. The van der Waals surface area contributed by atoms with Crippen molar-refractivity contribution in [3.05, 3.63) is 35.7 Å². The molecule has 1 aromatic carbocycles. The largest absolute Gasteiger partial charge is 0.296 e. The molecule has 2 aromatic heterocycles.